The Kier molecular flexibility index (Phi) is 3.54. The molecule has 15 heavy (non-hydrogen) atoms. The average molecular weight is 226 g/mol. The van der Waals surface area contributed by atoms with Gasteiger partial charge in [0.2, 0.25) is 0 Å². The molecular formula is C11H16ClN3. The van der Waals surface area contributed by atoms with Gasteiger partial charge in [-0.15, -0.1) is 5.10 Å². The molecule has 0 bridgehead atoms. The molecule has 0 radical (unpaired) electrons. The highest BCUT2D eigenvalue weighted by Gasteiger charge is 2.19. The SMILES string of the molecule is CN1CCCCC1Cc1ccc(Cl)nn1. The quantitative estimate of drug-likeness (QED) is 0.773. The highest BCUT2D eigenvalue weighted by Crippen LogP contribution is 2.18. The van der Waals surface area contributed by atoms with Crippen LogP contribution in [0, 0.1) is 0 Å². The molecule has 1 aromatic heterocycles. The van der Waals surface area contributed by atoms with Crippen LogP contribution in [0.15, 0.2) is 12.1 Å². The monoisotopic (exact) mass is 225 g/mol. The Hall–Kier alpha value is -0.670. The van der Waals surface area contributed by atoms with Crippen molar-refractivity contribution in [2.45, 2.75) is 31.7 Å². The van der Waals surface area contributed by atoms with Crippen LogP contribution in [0.3, 0.4) is 0 Å². The molecule has 1 saturated heterocycles. The van der Waals surface area contributed by atoms with E-state index in [0.717, 1.165) is 12.1 Å². The Morgan fingerprint density at radius 1 is 1.40 bits per heavy atom. The Morgan fingerprint density at radius 3 is 2.93 bits per heavy atom. The predicted octanol–water partition coefficient (Wildman–Crippen LogP) is 2.16. The first-order valence-corrected chi connectivity index (χ1v) is 5.82. The van der Waals surface area contributed by atoms with E-state index >= 15 is 0 Å². The molecule has 4 heteroatoms. The molecule has 0 aromatic carbocycles. The summed E-state index contributed by atoms with van der Waals surface area (Å²) in [7, 11) is 2.19. The summed E-state index contributed by atoms with van der Waals surface area (Å²) in [5, 5.41) is 8.43. The molecule has 1 atom stereocenters. The average Bonchev–Trinajstić information content (AvgIpc) is 2.25. The van der Waals surface area contributed by atoms with E-state index < -0.39 is 0 Å². The molecule has 1 aliphatic rings. The smallest absolute Gasteiger partial charge is 0.151 e. The Bertz CT molecular complexity index is 312. The van der Waals surface area contributed by atoms with E-state index in [2.05, 4.69) is 22.1 Å². The van der Waals surface area contributed by atoms with Gasteiger partial charge in [0.15, 0.2) is 5.15 Å². The lowest BCUT2D eigenvalue weighted by Gasteiger charge is -2.32. The van der Waals surface area contributed by atoms with Crippen molar-refractivity contribution < 1.29 is 0 Å². The van der Waals surface area contributed by atoms with Gasteiger partial charge in [-0.2, -0.15) is 5.10 Å². The van der Waals surface area contributed by atoms with Crippen molar-refractivity contribution in [3.8, 4) is 0 Å². The summed E-state index contributed by atoms with van der Waals surface area (Å²) < 4.78 is 0. The summed E-state index contributed by atoms with van der Waals surface area (Å²) in [6, 6.07) is 4.40. The number of rotatable bonds is 2. The molecule has 2 heterocycles. The maximum absolute atomic E-state index is 5.70. The van der Waals surface area contributed by atoms with Gasteiger partial charge in [-0.1, -0.05) is 18.0 Å². The molecule has 0 aliphatic carbocycles. The Labute approximate surface area is 95.5 Å². The second-order valence-corrected chi connectivity index (χ2v) is 4.57. The number of aromatic nitrogens is 2. The molecule has 0 saturated carbocycles. The molecule has 2 rings (SSSR count). The van der Waals surface area contributed by atoms with Crippen molar-refractivity contribution in [2.75, 3.05) is 13.6 Å². The fourth-order valence-electron chi connectivity index (χ4n) is 2.10. The number of nitrogens with zero attached hydrogens (tertiary/aromatic N) is 3. The number of hydrogen-bond acceptors (Lipinski definition) is 3. The number of halogens is 1. The summed E-state index contributed by atoms with van der Waals surface area (Å²) >= 11 is 5.70. The first-order valence-electron chi connectivity index (χ1n) is 5.44. The minimum Gasteiger partial charge on any atom is -0.303 e. The van der Waals surface area contributed by atoms with Gasteiger partial charge in [0.25, 0.3) is 0 Å². The fraction of sp³-hybridized carbons (Fsp3) is 0.636. The van der Waals surface area contributed by atoms with Gasteiger partial charge in [-0.3, -0.25) is 0 Å². The van der Waals surface area contributed by atoms with Gasteiger partial charge < -0.3 is 4.90 Å². The zero-order valence-electron chi connectivity index (χ0n) is 8.99. The fourth-order valence-corrected chi connectivity index (χ4v) is 2.20. The van der Waals surface area contributed by atoms with Gasteiger partial charge in [0.1, 0.15) is 0 Å². The van der Waals surface area contributed by atoms with Crippen LogP contribution >= 0.6 is 11.6 Å². The van der Waals surface area contributed by atoms with Crippen molar-refractivity contribution in [1.29, 1.82) is 0 Å². The highest BCUT2D eigenvalue weighted by molar-refractivity contribution is 6.29. The zero-order chi connectivity index (χ0) is 10.7. The summed E-state index contributed by atoms with van der Waals surface area (Å²) in [6.07, 6.45) is 4.90. The van der Waals surface area contributed by atoms with Crippen LogP contribution in [-0.4, -0.2) is 34.7 Å². The van der Waals surface area contributed by atoms with Crippen LogP contribution in [0.5, 0.6) is 0 Å². The van der Waals surface area contributed by atoms with Crippen LogP contribution in [0.4, 0.5) is 0 Å². The van der Waals surface area contributed by atoms with Gasteiger partial charge >= 0.3 is 0 Å². The molecule has 82 valence electrons. The van der Waals surface area contributed by atoms with Crippen molar-refractivity contribution in [3.05, 3.63) is 23.0 Å². The van der Waals surface area contributed by atoms with Gasteiger partial charge in [0, 0.05) is 12.5 Å². The number of hydrogen-bond donors (Lipinski definition) is 0. The molecular weight excluding hydrogens is 210 g/mol. The van der Waals surface area contributed by atoms with Gasteiger partial charge in [0.05, 0.1) is 5.69 Å². The number of likely N-dealkylation sites (N-methyl/N-ethyl adjacent to an activating group) is 1. The summed E-state index contributed by atoms with van der Waals surface area (Å²) in [4.78, 5) is 2.42. The second kappa shape index (κ2) is 4.90. The van der Waals surface area contributed by atoms with E-state index in [4.69, 9.17) is 11.6 Å². The number of likely N-dealkylation sites (tertiary alicyclic amines) is 1. The van der Waals surface area contributed by atoms with Crippen LogP contribution in [0.25, 0.3) is 0 Å². The second-order valence-electron chi connectivity index (χ2n) is 4.18. The standard InChI is InChI=1S/C11H16ClN3/c1-15-7-3-2-4-10(15)8-9-5-6-11(12)14-13-9/h5-6,10H,2-4,7-8H2,1H3. The predicted molar refractivity (Wildman–Crippen MR) is 61.0 cm³/mol. The lowest BCUT2D eigenvalue weighted by Crippen LogP contribution is -2.37. The van der Waals surface area contributed by atoms with E-state index in [0.29, 0.717) is 11.2 Å². The minimum atomic E-state index is 0.468. The third-order valence-electron chi connectivity index (χ3n) is 3.05. The van der Waals surface area contributed by atoms with Crippen molar-refractivity contribution in [3.63, 3.8) is 0 Å². The zero-order valence-corrected chi connectivity index (χ0v) is 9.74. The molecule has 0 N–H and O–H groups in total. The normalized spacial score (nSPS) is 22.9. The van der Waals surface area contributed by atoms with Crippen LogP contribution in [0.1, 0.15) is 25.0 Å². The van der Waals surface area contributed by atoms with Crippen molar-refractivity contribution in [1.82, 2.24) is 15.1 Å². The highest BCUT2D eigenvalue weighted by atomic mass is 35.5. The lowest BCUT2D eigenvalue weighted by atomic mass is 9.99. The molecule has 0 spiro atoms. The largest absolute Gasteiger partial charge is 0.303 e. The van der Waals surface area contributed by atoms with E-state index in [1.54, 1.807) is 0 Å². The van der Waals surface area contributed by atoms with Crippen LogP contribution in [0.2, 0.25) is 5.15 Å². The summed E-state index contributed by atoms with van der Waals surface area (Å²) in [5.74, 6) is 0. The maximum Gasteiger partial charge on any atom is 0.151 e. The molecule has 1 fully saturated rings. The third kappa shape index (κ3) is 2.89. The molecule has 1 unspecified atom stereocenters. The van der Waals surface area contributed by atoms with E-state index in [1.807, 2.05) is 12.1 Å². The minimum absolute atomic E-state index is 0.468. The molecule has 1 aliphatic heterocycles. The van der Waals surface area contributed by atoms with Crippen molar-refractivity contribution in [2.24, 2.45) is 0 Å². The summed E-state index contributed by atoms with van der Waals surface area (Å²) in [5.41, 5.74) is 1.04. The molecule has 1 aromatic rings. The molecule has 3 nitrogen and oxygen atoms in total. The van der Waals surface area contributed by atoms with Gasteiger partial charge in [-0.05, 0) is 38.6 Å². The van der Waals surface area contributed by atoms with Crippen molar-refractivity contribution >= 4 is 11.6 Å². The van der Waals surface area contributed by atoms with E-state index in [-0.39, 0.29) is 0 Å². The topological polar surface area (TPSA) is 29.0 Å². The number of piperidine rings is 1. The Balaban J connectivity index is 1.98. The Morgan fingerprint density at radius 2 is 2.27 bits per heavy atom. The van der Waals surface area contributed by atoms with Crippen LogP contribution < -0.4 is 0 Å². The van der Waals surface area contributed by atoms with E-state index in [9.17, 15) is 0 Å². The molecule has 0 amide bonds. The maximum atomic E-state index is 5.70. The first-order chi connectivity index (χ1) is 7.25. The lowest BCUT2D eigenvalue weighted by molar-refractivity contribution is 0.183. The van der Waals surface area contributed by atoms with E-state index in [1.165, 1.54) is 25.8 Å². The summed E-state index contributed by atoms with van der Waals surface area (Å²) in [6.45, 7) is 1.20. The van der Waals surface area contributed by atoms with Gasteiger partial charge in [-0.25, -0.2) is 0 Å². The third-order valence-corrected chi connectivity index (χ3v) is 3.26. The first kappa shape index (κ1) is 10.8. The van der Waals surface area contributed by atoms with Crippen LogP contribution in [-0.2, 0) is 6.42 Å².